The number of hydrogen-bond acceptors (Lipinski definition) is 6. The molecule has 2 fully saturated rings. The molecule has 8 heteroatoms. The van der Waals surface area contributed by atoms with Gasteiger partial charge >= 0.3 is 0 Å². The number of hydrogen-bond donors (Lipinski definition) is 0. The quantitative estimate of drug-likeness (QED) is 0.730. The van der Waals surface area contributed by atoms with Crippen molar-refractivity contribution in [2.45, 2.75) is 38.4 Å². The first kappa shape index (κ1) is 16.2. The molecular formula is C16H24N4O3S. The average Bonchev–Trinajstić information content (AvgIpc) is 3.14. The molecule has 132 valence electrons. The van der Waals surface area contributed by atoms with Crippen LogP contribution < -0.4 is 5.56 Å². The van der Waals surface area contributed by atoms with Crippen molar-refractivity contribution < 1.29 is 8.42 Å². The fourth-order valence-electron chi connectivity index (χ4n) is 4.06. The zero-order valence-corrected chi connectivity index (χ0v) is 14.7. The van der Waals surface area contributed by atoms with Gasteiger partial charge in [0.05, 0.1) is 23.9 Å². The minimum absolute atomic E-state index is 0.0139. The van der Waals surface area contributed by atoms with Gasteiger partial charge in [-0.05, 0) is 31.2 Å². The number of nitrogens with zero attached hydrogens (tertiary/aromatic N) is 4. The molecule has 1 aromatic heterocycles. The van der Waals surface area contributed by atoms with E-state index in [4.69, 9.17) is 0 Å². The standard InChI is InChI=1S/C16H24N4O3S/c21-16-10-13-2-1-3-15(13)17-20(16)12-18-5-7-19(8-6-18)14-4-9-24(22,23)11-14/h10,14H,1-9,11-12H2/t14-/m1/s1. The van der Waals surface area contributed by atoms with Crippen molar-refractivity contribution in [3.05, 3.63) is 27.7 Å². The van der Waals surface area contributed by atoms with Crippen molar-refractivity contribution >= 4 is 9.84 Å². The Labute approximate surface area is 142 Å². The lowest BCUT2D eigenvalue weighted by molar-refractivity contribution is 0.0797. The normalized spacial score (nSPS) is 27.4. The maximum atomic E-state index is 12.2. The lowest BCUT2D eigenvalue weighted by Crippen LogP contribution is -2.51. The second kappa shape index (κ2) is 6.24. The highest BCUT2D eigenvalue weighted by molar-refractivity contribution is 7.91. The number of rotatable bonds is 3. The van der Waals surface area contributed by atoms with Crippen LogP contribution in [0.15, 0.2) is 10.9 Å². The predicted octanol–water partition coefficient (Wildman–Crippen LogP) is -0.506. The first-order valence-electron chi connectivity index (χ1n) is 8.77. The van der Waals surface area contributed by atoms with Crippen LogP contribution in [0, 0.1) is 0 Å². The van der Waals surface area contributed by atoms with E-state index in [0.29, 0.717) is 18.2 Å². The van der Waals surface area contributed by atoms with Gasteiger partial charge in [-0.3, -0.25) is 14.6 Å². The monoisotopic (exact) mass is 352 g/mol. The van der Waals surface area contributed by atoms with E-state index in [-0.39, 0.29) is 11.6 Å². The SMILES string of the molecule is O=c1cc2c(nn1CN1CCN([C@@H]3CCS(=O)(=O)C3)CC1)CCC2. The number of sulfone groups is 1. The fraction of sp³-hybridized carbons (Fsp3) is 0.750. The molecule has 7 nitrogen and oxygen atoms in total. The highest BCUT2D eigenvalue weighted by atomic mass is 32.2. The Hall–Kier alpha value is -1.25. The van der Waals surface area contributed by atoms with Crippen molar-refractivity contribution in [3.63, 3.8) is 0 Å². The average molecular weight is 352 g/mol. The Morgan fingerprint density at radius 1 is 1.17 bits per heavy atom. The molecule has 4 rings (SSSR count). The van der Waals surface area contributed by atoms with Crippen LogP contribution in [0.5, 0.6) is 0 Å². The van der Waals surface area contributed by atoms with Crippen LogP contribution in [0.1, 0.15) is 24.1 Å². The minimum atomic E-state index is -2.83. The third-order valence-electron chi connectivity index (χ3n) is 5.49. The largest absolute Gasteiger partial charge is 0.297 e. The van der Waals surface area contributed by atoms with Crippen LogP contribution in [0.4, 0.5) is 0 Å². The summed E-state index contributed by atoms with van der Waals surface area (Å²) in [4.78, 5) is 16.7. The van der Waals surface area contributed by atoms with Crippen molar-refractivity contribution in [2.75, 3.05) is 37.7 Å². The van der Waals surface area contributed by atoms with Crippen LogP contribution in [-0.2, 0) is 29.3 Å². The first-order valence-corrected chi connectivity index (χ1v) is 10.6. The maximum absolute atomic E-state index is 12.2. The zero-order valence-electron chi connectivity index (χ0n) is 13.9. The summed E-state index contributed by atoms with van der Waals surface area (Å²) >= 11 is 0. The second-order valence-electron chi connectivity index (χ2n) is 7.16. The highest BCUT2D eigenvalue weighted by Crippen LogP contribution is 2.20. The Balaban J connectivity index is 1.36. The Morgan fingerprint density at radius 3 is 2.67 bits per heavy atom. The first-order chi connectivity index (χ1) is 11.5. The van der Waals surface area contributed by atoms with Gasteiger partial charge in [0.2, 0.25) is 0 Å². The predicted molar refractivity (Wildman–Crippen MR) is 90.7 cm³/mol. The number of fused-ring (bicyclic) bond motifs is 1. The summed E-state index contributed by atoms with van der Waals surface area (Å²) in [6, 6.07) is 1.92. The molecular weight excluding hydrogens is 328 g/mol. The van der Waals surface area contributed by atoms with Gasteiger partial charge in [0.1, 0.15) is 0 Å². The molecule has 3 heterocycles. The van der Waals surface area contributed by atoms with E-state index < -0.39 is 9.84 Å². The van der Waals surface area contributed by atoms with E-state index in [2.05, 4.69) is 14.9 Å². The Bertz CT molecular complexity index is 781. The van der Waals surface area contributed by atoms with Crippen molar-refractivity contribution in [1.82, 2.24) is 19.6 Å². The molecule has 0 bridgehead atoms. The third-order valence-corrected chi connectivity index (χ3v) is 7.24. The molecule has 0 unspecified atom stereocenters. The summed E-state index contributed by atoms with van der Waals surface area (Å²) in [6.07, 6.45) is 3.80. The minimum Gasteiger partial charge on any atom is -0.297 e. The molecule has 24 heavy (non-hydrogen) atoms. The van der Waals surface area contributed by atoms with Crippen LogP contribution in [0.2, 0.25) is 0 Å². The van der Waals surface area contributed by atoms with Crippen molar-refractivity contribution in [2.24, 2.45) is 0 Å². The summed E-state index contributed by atoms with van der Waals surface area (Å²) in [5.41, 5.74) is 2.17. The molecule has 0 N–H and O–H groups in total. The van der Waals surface area contributed by atoms with Crippen molar-refractivity contribution in [1.29, 1.82) is 0 Å². The van der Waals surface area contributed by atoms with Gasteiger partial charge in [-0.15, -0.1) is 0 Å². The highest BCUT2D eigenvalue weighted by Gasteiger charge is 2.33. The van der Waals surface area contributed by atoms with E-state index in [9.17, 15) is 13.2 Å². The van der Waals surface area contributed by atoms with Crippen LogP contribution in [-0.4, -0.2) is 71.7 Å². The Kier molecular flexibility index (Phi) is 4.22. The maximum Gasteiger partial charge on any atom is 0.268 e. The van der Waals surface area contributed by atoms with E-state index in [1.807, 2.05) is 0 Å². The van der Waals surface area contributed by atoms with Crippen molar-refractivity contribution in [3.8, 4) is 0 Å². The molecule has 0 amide bonds. The fourth-order valence-corrected chi connectivity index (χ4v) is 5.83. The smallest absolute Gasteiger partial charge is 0.268 e. The molecule has 0 saturated carbocycles. The van der Waals surface area contributed by atoms with E-state index in [0.717, 1.165) is 63.1 Å². The summed E-state index contributed by atoms with van der Waals surface area (Å²) in [5, 5.41) is 4.53. The number of aryl methyl sites for hydroxylation is 2. The lowest BCUT2D eigenvalue weighted by Gasteiger charge is -2.37. The summed E-state index contributed by atoms with van der Waals surface area (Å²) in [6.45, 7) is 3.95. The number of aromatic nitrogens is 2. The molecule has 2 saturated heterocycles. The van der Waals surface area contributed by atoms with Gasteiger partial charge < -0.3 is 0 Å². The molecule has 0 spiro atoms. The van der Waals surface area contributed by atoms with Gasteiger partial charge in [-0.1, -0.05) is 0 Å². The number of piperazine rings is 1. The lowest BCUT2D eigenvalue weighted by atomic mass is 10.2. The van der Waals surface area contributed by atoms with Crippen LogP contribution in [0.25, 0.3) is 0 Å². The molecule has 1 aliphatic carbocycles. The molecule has 1 atom stereocenters. The van der Waals surface area contributed by atoms with Gasteiger partial charge in [0.15, 0.2) is 9.84 Å². The molecule has 3 aliphatic rings. The van der Waals surface area contributed by atoms with E-state index >= 15 is 0 Å². The van der Waals surface area contributed by atoms with E-state index in [1.165, 1.54) is 0 Å². The second-order valence-corrected chi connectivity index (χ2v) is 9.39. The Morgan fingerprint density at radius 2 is 1.96 bits per heavy atom. The molecule has 2 aliphatic heterocycles. The van der Waals surface area contributed by atoms with Gasteiger partial charge in [0.25, 0.3) is 5.56 Å². The van der Waals surface area contributed by atoms with Gasteiger partial charge in [0, 0.05) is 38.3 Å². The summed E-state index contributed by atoms with van der Waals surface area (Å²) < 4.78 is 24.9. The van der Waals surface area contributed by atoms with E-state index in [1.54, 1.807) is 10.7 Å². The van der Waals surface area contributed by atoms with Gasteiger partial charge in [-0.2, -0.15) is 5.10 Å². The summed E-state index contributed by atoms with van der Waals surface area (Å²) in [5.74, 6) is 0.630. The topological polar surface area (TPSA) is 75.5 Å². The van der Waals surface area contributed by atoms with Crippen LogP contribution in [0.3, 0.4) is 0 Å². The zero-order chi connectivity index (χ0) is 16.7. The van der Waals surface area contributed by atoms with Gasteiger partial charge in [-0.25, -0.2) is 13.1 Å². The molecule has 0 radical (unpaired) electrons. The molecule has 1 aromatic rings. The third kappa shape index (κ3) is 3.27. The summed E-state index contributed by atoms with van der Waals surface area (Å²) in [7, 11) is -2.83. The van der Waals surface area contributed by atoms with Crippen LogP contribution >= 0.6 is 0 Å². The molecule has 0 aromatic carbocycles.